The van der Waals surface area contributed by atoms with E-state index in [2.05, 4.69) is 40.4 Å². The molecule has 0 saturated carbocycles. The molecule has 110 valence electrons. The number of hydrogen-bond acceptors (Lipinski definition) is 3. The minimum atomic E-state index is 0.490. The molecule has 2 unspecified atom stereocenters. The van der Waals surface area contributed by atoms with Crippen LogP contribution in [-0.4, -0.2) is 32.9 Å². The van der Waals surface area contributed by atoms with Crippen LogP contribution in [0.5, 0.6) is 5.75 Å². The molecule has 1 saturated heterocycles. The molecule has 1 fully saturated rings. The number of fused-ring (bicyclic) bond motifs is 1. The van der Waals surface area contributed by atoms with E-state index in [9.17, 15) is 0 Å². The fourth-order valence-corrected chi connectivity index (χ4v) is 3.79. The van der Waals surface area contributed by atoms with Crippen molar-refractivity contribution in [1.82, 2.24) is 5.32 Å². The Morgan fingerprint density at radius 2 is 2.30 bits per heavy atom. The normalized spacial score (nSPS) is 22.6. The molecular formula is C16H22BrNO2. The van der Waals surface area contributed by atoms with Gasteiger partial charge in [-0.3, -0.25) is 0 Å². The van der Waals surface area contributed by atoms with Gasteiger partial charge >= 0.3 is 0 Å². The maximum atomic E-state index is 5.83. The molecule has 1 aromatic carbocycles. The summed E-state index contributed by atoms with van der Waals surface area (Å²) in [5.74, 6) is 1.82. The lowest BCUT2D eigenvalue weighted by Gasteiger charge is -2.20. The van der Waals surface area contributed by atoms with Crippen molar-refractivity contribution in [2.24, 2.45) is 5.92 Å². The van der Waals surface area contributed by atoms with E-state index in [1.54, 1.807) is 0 Å². The first-order chi connectivity index (χ1) is 9.76. The molecule has 20 heavy (non-hydrogen) atoms. The summed E-state index contributed by atoms with van der Waals surface area (Å²) in [7, 11) is 2.06. The highest BCUT2D eigenvalue weighted by Crippen LogP contribution is 2.34. The predicted molar refractivity (Wildman–Crippen MR) is 83.4 cm³/mol. The zero-order valence-electron chi connectivity index (χ0n) is 12.0. The van der Waals surface area contributed by atoms with E-state index in [-0.39, 0.29) is 0 Å². The number of hydrogen-bond donors (Lipinski definition) is 1. The van der Waals surface area contributed by atoms with Crippen LogP contribution in [0.1, 0.15) is 24.0 Å². The van der Waals surface area contributed by atoms with Gasteiger partial charge in [0.1, 0.15) is 5.75 Å². The highest BCUT2D eigenvalue weighted by Gasteiger charge is 2.23. The van der Waals surface area contributed by atoms with Gasteiger partial charge in [-0.1, -0.05) is 15.9 Å². The van der Waals surface area contributed by atoms with Crippen molar-refractivity contribution in [2.75, 3.05) is 26.9 Å². The molecule has 0 radical (unpaired) electrons. The second kappa shape index (κ2) is 6.46. The third kappa shape index (κ3) is 3.18. The highest BCUT2D eigenvalue weighted by molar-refractivity contribution is 9.10. The van der Waals surface area contributed by atoms with E-state index in [0.29, 0.717) is 12.0 Å². The third-order valence-electron chi connectivity index (χ3n) is 4.34. The first-order valence-corrected chi connectivity index (χ1v) is 8.24. The van der Waals surface area contributed by atoms with Gasteiger partial charge in [0, 0.05) is 30.1 Å². The molecule has 3 nitrogen and oxygen atoms in total. The molecule has 2 heterocycles. The number of nitrogens with one attached hydrogen (secondary N) is 1. The van der Waals surface area contributed by atoms with Crippen LogP contribution in [0.25, 0.3) is 0 Å². The number of rotatable bonds is 5. The Bertz CT molecular complexity index is 472. The lowest BCUT2D eigenvalue weighted by Crippen LogP contribution is -2.30. The second-order valence-electron chi connectivity index (χ2n) is 5.81. The Morgan fingerprint density at radius 1 is 1.40 bits per heavy atom. The number of halogens is 1. The van der Waals surface area contributed by atoms with Gasteiger partial charge in [-0.25, -0.2) is 0 Å². The van der Waals surface area contributed by atoms with Crippen LogP contribution in [0, 0.1) is 5.92 Å². The van der Waals surface area contributed by atoms with Gasteiger partial charge in [-0.15, -0.1) is 0 Å². The number of benzene rings is 1. The minimum absolute atomic E-state index is 0.490. The quantitative estimate of drug-likeness (QED) is 0.894. The fraction of sp³-hybridized carbons (Fsp3) is 0.625. The molecule has 0 aliphatic carbocycles. The maximum absolute atomic E-state index is 5.83. The molecule has 2 aliphatic heterocycles. The van der Waals surface area contributed by atoms with Gasteiger partial charge in [-0.2, -0.15) is 0 Å². The SMILES string of the molecule is CNC(Cc1cc(Br)cc2c1OCC2)CC1CCOC1. The molecule has 1 N–H and O–H groups in total. The van der Waals surface area contributed by atoms with Gasteiger partial charge in [0.25, 0.3) is 0 Å². The van der Waals surface area contributed by atoms with Gasteiger partial charge in [-0.05, 0) is 55.5 Å². The lowest BCUT2D eigenvalue weighted by molar-refractivity contribution is 0.181. The first kappa shape index (κ1) is 14.4. The van der Waals surface area contributed by atoms with Crippen LogP contribution >= 0.6 is 15.9 Å². The van der Waals surface area contributed by atoms with E-state index in [1.807, 2.05) is 0 Å². The summed E-state index contributed by atoms with van der Waals surface area (Å²) in [5, 5.41) is 3.46. The van der Waals surface area contributed by atoms with Crippen LogP contribution in [0.2, 0.25) is 0 Å². The average Bonchev–Trinajstić information content (AvgIpc) is 3.08. The van der Waals surface area contributed by atoms with Crippen LogP contribution in [0.4, 0.5) is 0 Å². The van der Waals surface area contributed by atoms with Crippen LogP contribution in [0.15, 0.2) is 16.6 Å². The Morgan fingerprint density at radius 3 is 3.05 bits per heavy atom. The zero-order chi connectivity index (χ0) is 13.9. The third-order valence-corrected chi connectivity index (χ3v) is 4.80. The molecule has 0 bridgehead atoms. The van der Waals surface area contributed by atoms with Crippen molar-refractivity contribution in [3.8, 4) is 5.75 Å². The van der Waals surface area contributed by atoms with Crippen LogP contribution in [-0.2, 0) is 17.6 Å². The van der Waals surface area contributed by atoms with Crippen molar-refractivity contribution in [3.63, 3.8) is 0 Å². The van der Waals surface area contributed by atoms with E-state index < -0.39 is 0 Å². The van der Waals surface area contributed by atoms with Crippen molar-refractivity contribution in [3.05, 3.63) is 27.7 Å². The summed E-state index contributed by atoms with van der Waals surface area (Å²) in [6.45, 7) is 2.67. The molecule has 2 atom stereocenters. The molecule has 0 aromatic heterocycles. The van der Waals surface area contributed by atoms with Gasteiger partial charge < -0.3 is 14.8 Å². The monoisotopic (exact) mass is 339 g/mol. The molecule has 4 heteroatoms. The summed E-state index contributed by atoms with van der Waals surface area (Å²) < 4.78 is 12.5. The fourth-order valence-electron chi connectivity index (χ4n) is 3.24. The Kier molecular flexibility index (Phi) is 4.64. The Labute approximate surface area is 129 Å². The number of likely N-dealkylation sites (N-methyl/N-ethyl adjacent to an activating group) is 1. The van der Waals surface area contributed by atoms with E-state index in [1.165, 1.54) is 24.0 Å². The van der Waals surface area contributed by atoms with Crippen molar-refractivity contribution in [1.29, 1.82) is 0 Å². The molecule has 0 spiro atoms. The summed E-state index contributed by atoms with van der Waals surface area (Å²) in [4.78, 5) is 0. The first-order valence-electron chi connectivity index (χ1n) is 7.45. The van der Waals surface area contributed by atoms with Crippen molar-refractivity contribution >= 4 is 15.9 Å². The van der Waals surface area contributed by atoms with Crippen LogP contribution < -0.4 is 10.1 Å². The van der Waals surface area contributed by atoms with E-state index in [0.717, 1.165) is 42.9 Å². The summed E-state index contributed by atoms with van der Waals surface area (Å²) in [5.41, 5.74) is 2.67. The smallest absolute Gasteiger partial charge is 0.125 e. The van der Waals surface area contributed by atoms with Crippen molar-refractivity contribution < 1.29 is 9.47 Å². The molecule has 0 amide bonds. The van der Waals surface area contributed by atoms with E-state index >= 15 is 0 Å². The summed E-state index contributed by atoms with van der Waals surface area (Å²) in [6, 6.07) is 4.88. The lowest BCUT2D eigenvalue weighted by atomic mass is 9.93. The molecule has 1 aromatic rings. The molecular weight excluding hydrogens is 318 g/mol. The Balaban J connectivity index is 1.72. The minimum Gasteiger partial charge on any atom is -0.493 e. The topological polar surface area (TPSA) is 30.5 Å². The summed E-state index contributed by atoms with van der Waals surface area (Å²) >= 11 is 3.62. The largest absolute Gasteiger partial charge is 0.493 e. The van der Waals surface area contributed by atoms with E-state index in [4.69, 9.17) is 9.47 Å². The second-order valence-corrected chi connectivity index (χ2v) is 6.72. The summed E-state index contributed by atoms with van der Waals surface area (Å²) in [6.07, 6.45) is 4.43. The standard InChI is InChI=1S/C16H22BrNO2/c1-18-15(6-11-2-4-19-10-11)9-13-8-14(17)7-12-3-5-20-16(12)13/h7-8,11,15,18H,2-6,9-10H2,1H3. The maximum Gasteiger partial charge on any atom is 0.125 e. The van der Waals surface area contributed by atoms with Gasteiger partial charge in [0.15, 0.2) is 0 Å². The number of ether oxygens (including phenoxy) is 2. The Hall–Kier alpha value is -0.580. The van der Waals surface area contributed by atoms with Gasteiger partial charge in [0.2, 0.25) is 0 Å². The van der Waals surface area contributed by atoms with Crippen molar-refractivity contribution in [2.45, 2.75) is 31.7 Å². The average molecular weight is 340 g/mol. The molecule has 3 rings (SSSR count). The predicted octanol–water partition coefficient (Wildman–Crippen LogP) is 2.94. The van der Waals surface area contributed by atoms with Gasteiger partial charge in [0.05, 0.1) is 6.61 Å². The zero-order valence-corrected chi connectivity index (χ0v) is 13.5. The van der Waals surface area contributed by atoms with Crippen LogP contribution in [0.3, 0.4) is 0 Å². The highest BCUT2D eigenvalue weighted by atomic mass is 79.9. The molecule has 2 aliphatic rings.